The molecule has 0 N–H and O–H groups in total. The first kappa shape index (κ1) is 25.5. The highest BCUT2D eigenvalue weighted by Crippen LogP contribution is 2.42. The molecule has 0 aliphatic carbocycles. The van der Waals surface area contributed by atoms with Gasteiger partial charge in [0, 0.05) is 13.1 Å². The number of fused-ring (bicyclic) bond motifs is 3. The van der Waals surface area contributed by atoms with Gasteiger partial charge in [0.15, 0.2) is 11.5 Å². The van der Waals surface area contributed by atoms with E-state index in [0.717, 1.165) is 5.56 Å². The second-order valence-corrected chi connectivity index (χ2v) is 8.73. The highest BCUT2D eigenvalue weighted by Gasteiger charge is 2.40. The van der Waals surface area contributed by atoms with Gasteiger partial charge in [0.1, 0.15) is 23.8 Å². The van der Waals surface area contributed by atoms with E-state index in [0.29, 0.717) is 29.4 Å². The van der Waals surface area contributed by atoms with Gasteiger partial charge in [-0.3, -0.25) is 9.69 Å². The van der Waals surface area contributed by atoms with Crippen molar-refractivity contribution < 1.29 is 36.5 Å². The van der Waals surface area contributed by atoms with Gasteiger partial charge < -0.3 is 23.4 Å². The van der Waals surface area contributed by atoms with Gasteiger partial charge in [-0.25, -0.2) is 0 Å². The Hall–Kier alpha value is -4.18. The molecule has 0 saturated carbocycles. The third-order valence-corrected chi connectivity index (χ3v) is 6.40. The van der Waals surface area contributed by atoms with E-state index in [-0.39, 0.29) is 35.6 Å². The molecule has 1 aliphatic rings. The molecule has 1 aromatic heterocycles. The first-order valence-corrected chi connectivity index (χ1v) is 11.6. The van der Waals surface area contributed by atoms with E-state index in [9.17, 15) is 18.0 Å². The summed E-state index contributed by atoms with van der Waals surface area (Å²) in [5, 5.41) is 0.0245. The summed E-state index contributed by atoms with van der Waals surface area (Å²) < 4.78 is 69.8. The quantitative estimate of drug-likeness (QED) is 0.311. The normalized spacial score (nSPS) is 13.6. The molecule has 0 atom stereocenters. The van der Waals surface area contributed by atoms with E-state index in [1.807, 2.05) is 29.2 Å². The number of benzene rings is 3. The Kier molecular flexibility index (Phi) is 6.66. The predicted octanol–water partition coefficient (Wildman–Crippen LogP) is 5.86. The van der Waals surface area contributed by atoms with Crippen LogP contribution in [0.3, 0.4) is 0 Å². The zero-order chi connectivity index (χ0) is 27.0. The molecule has 198 valence electrons. The summed E-state index contributed by atoms with van der Waals surface area (Å²) in [7, 11) is 4.35. The number of ether oxygens (including phenoxy) is 4. The van der Waals surface area contributed by atoms with E-state index in [1.54, 1.807) is 13.2 Å². The maximum Gasteiger partial charge on any atom is 0.450 e. The molecule has 0 amide bonds. The largest absolute Gasteiger partial charge is 0.497 e. The van der Waals surface area contributed by atoms with Gasteiger partial charge >= 0.3 is 6.18 Å². The number of hydrogen-bond donors (Lipinski definition) is 0. The minimum absolute atomic E-state index is 0.000674. The van der Waals surface area contributed by atoms with Gasteiger partial charge in [0.2, 0.25) is 11.2 Å². The molecule has 0 bridgehead atoms. The topological polar surface area (TPSA) is 70.4 Å². The fourth-order valence-electron chi connectivity index (χ4n) is 4.56. The van der Waals surface area contributed by atoms with Crippen molar-refractivity contribution in [1.82, 2.24) is 4.90 Å². The van der Waals surface area contributed by atoms with Gasteiger partial charge in [-0.15, -0.1) is 0 Å². The van der Waals surface area contributed by atoms with Gasteiger partial charge in [0.05, 0.1) is 37.8 Å². The van der Waals surface area contributed by atoms with Crippen LogP contribution in [0.2, 0.25) is 0 Å². The minimum atomic E-state index is -4.93. The number of alkyl halides is 3. The molecular formula is C28H24F3NO6. The fraction of sp³-hybridized carbons (Fsp3) is 0.250. The molecule has 0 radical (unpaired) electrons. The molecule has 3 aromatic carbocycles. The molecule has 38 heavy (non-hydrogen) atoms. The number of rotatable bonds is 6. The molecular weight excluding hydrogens is 503 g/mol. The Morgan fingerprint density at radius 2 is 1.66 bits per heavy atom. The minimum Gasteiger partial charge on any atom is -0.497 e. The van der Waals surface area contributed by atoms with Crippen LogP contribution in [-0.2, 0) is 19.3 Å². The second-order valence-electron chi connectivity index (χ2n) is 8.73. The van der Waals surface area contributed by atoms with Crippen molar-refractivity contribution in [3.05, 3.63) is 81.7 Å². The second kappa shape index (κ2) is 9.94. The van der Waals surface area contributed by atoms with Crippen LogP contribution in [-0.4, -0.2) is 33.0 Å². The van der Waals surface area contributed by atoms with E-state index in [4.69, 9.17) is 23.4 Å². The van der Waals surface area contributed by atoms with Crippen LogP contribution in [0.15, 0.2) is 63.8 Å². The Morgan fingerprint density at radius 1 is 0.921 bits per heavy atom. The summed E-state index contributed by atoms with van der Waals surface area (Å²) in [6.45, 7) is 0.930. The molecule has 0 unspecified atom stereocenters. The molecule has 10 heteroatoms. The summed E-state index contributed by atoms with van der Waals surface area (Å²) in [6.07, 6.45) is -4.93. The summed E-state index contributed by atoms with van der Waals surface area (Å²) in [6, 6.07) is 14.6. The van der Waals surface area contributed by atoms with E-state index >= 15 is 0 Å². The summed E-state index contributed by atoms with van der Waals surface area (Å²) in [5.41, 5.74) is -0.210. The van der Waals surface area contributed by atoms with Crippen molar-refractivity contribution in [2.45, 2.75) is 19.3 Å². The van der Waals surface area contributed by atoms with Crippen molar-refractivity contribution in [3.8, 4) is 34.1 Å². The predicted molar refractivity (Wildman–Crippen MR) is 134 cm³/mol. The van der Waals surface area contributed by atoms with E-state index < -0.39 is 22.9 Å². The molecule has 2 heterocycles. The van der Waals surface area contributed by atoms with E-state index in [2.05, 4.69) is 0 Å². The summed E-state index contributed by atoms with van der Waals surface area (Å²) in [5.74, 6) is 0.206. The average molecular weight is 527 g/mol. The van der Waals surface area contributed by atoms with Gasteiger partial charge in [0.25, 0.3) is 0 Å². The molecule has 5 rings (SSSR count). The highest BCUT2D eigenvalue weighted by atomic mass is 19.4. The Labute approximate surface area is 215 Å². The van der Waals surface area contributed by atoms with E-state index in [1.165, 1.54) is 38.5 Å². The first-order valence-electron chi connectivity index (χ1n) is 11.6. The highest BCUT2D eigenvalue weighted by molar-refractivity contribution is 5.87. The lowest BCUT2D eigenvalue weighted by Gasteiger charge is -2.29. The van der Waals surface area contributed by atoms with Gasteiger partial charge in [-0.1, -0.05) is 18.2 Å². The van der Waals surface area contributed by atoms with Crippen molar-refractivity contribution in [3.63, 3.8) is 0 Å². The van der Waals surface area contributed by atoms with Gasteiger partial charge in [-0.2, -0.15) is 13.2 Å². The van der Waals surface area contributed by atoms with Crippen LogP contribution in [0, 0.1) is 0 Å². The van der Waals surface area contributed by atoms with Crippen LogP contribution >= 0.6 is 0 Å². The Bertz CT molecular complexity index is 1550. The third-order valence-electron chi connectivity index (χ3n) is 6.40. The molecule has 1 aliphatic heterocycles. The monoisotopic (exact) mass is 527 g/mol. The fourth-order valence-corrected chi connectivity index (χ4v) is 4.56. The Balaban J connectivity index is 1.61. The Morgan fingerprint density at radius 3 is 2.32 bits per heavy atom. The lowest BCUT2D eigenvalue weighted by Crippen LogP contribution is -2.32. The van der Waals surface area contributed by atoms with Crippen molar-refractivity contribution >= 4 is 11.0 Å². The van der Waals surface area contributed by atoms with Crippen molar-refractivity contribution in [2.24, 2.45) is 0 Å². The lowest BCUT2D eigenvalue weighted by atomic mass is 9.99. The van der Waals surface area contributed by atoms with Gasteiger partial charge in [-0.05, 0) is 47.5 Å². The maximum atomic E-state index is 14.3. The standard InChI is InChI=1S/C28H24F3NO6/c1-34-18-7-4-16(5-8-18)13-32-14-20-21(37-15-32)11-9-19-25(33)24(27(28(29,30)31)38-26(19)20)17-6-10-22(35-2)23(12-17)36-3/h4-12H,13-15H2,1-3H3. The number of methoxy groups -OCH3 is 3. The zero-order valence-electron chi connectivity index (χ0n) is 20.8. The molecule has 0 fully saturated rings. The molecule has 4 aromatic rings. The first-order chi connectivity index (χ1) is 18.2. The number of hydrogen-bond acceptors (Lipinski definition) is 7. The van der Waals surface area contributed by atoms with Crippen molar-refractivity contribution in [1.29, 1.82) is 0 Å². The van der Waals surface area contributed by atoms with Crippen molar-refractivity contribution in [2.75, 3.05) is 28.1 Å². The molecule has 0 saturated heterocycles. The number of halogens is 3. The van der Waals surface area contributed by atoms with Crippen LogP contribution < -0.4 is 24.4 Å². The molecule has 7 nitrogen and oxygen atoms in total. The van der Waals surface area contributed by atoms with Crippen LogP contribution in [0.5, 0.6) is 23.0 Å². The molecule has 0 spiro atoms. The summed E-state index contributed by atoms with van der Waals surface area (Å²) >= 11 is 0. The smallest absolute Gasteiger partial charge is 0.450 e. The average Bonchev–Trinajstić information content (AvgIpc) is 2.92. The number of nitrogens with zero attached hydrogens (tertiary/aromatic N) is 1. The lowest BCUT2D eigenvalue weighted by molar-refractivity contribution is -0.152. The SMILES string of the molecule is COc1ccc(CN2COc3ccc4c(=O)c(-c5ccc(OC)c(OC)c5)c(C(F)(F)F)oc4c3C2)cc1. The zero-order valence-corrected chi connectivity index (χ0v) is 20.8. The summed E-state index contributed by atoms with van der Waals surface area (Å²) in [4.78, 5) is 15.5. The van der Waals surface area contributed by atoms with Crippen LogP contribution in [0.1, 0.15) is 16.9 Å². The van der Waals surface area contributed by atoms with Crippen LogP contribution in [0.25, 0.3) is 22.1 Å². The van der Waals surface area contributed by atoms with Crippen LogP contribution in [0.4, 0.5) is 13.2 Å². The maximum absolute atomic E-state index is 14.3. The third kappa shape index (κ3) is 4.63.